The summed E-state index contributed by atoms with van der Waals surface area (Å²) in [4.78, 5) is 0. The van der Waals surface area contributed by atoms with Gasteiger partial charge in [-0.05, 0) is 107 Å². The minimum Gasteiger partial charge on any atom is -0.490 e. The Balaban J connectivity index is 2.02. The Kier molecular flexibility index (Phi) is 23.7. The normalized spacial score (nSPS) is 13.6. The molecule has 0 aliphatic rings. The molecule has 0 spiro atoms. The predicted molar refractivity (Wildman–Crippen MR) is 260 cm³/mol. The summed E-state index contributed by atoms with van der Waals surface area (Å²) in [6.07, 6.45) is -21.4. The number of alkyl halides is 21. The smallest absolute Gasteiger partial charge is 0.459 e. The van der Waals surface area contributed by atoms with E-state index in [1.165, 1.54) is 36.4 Å². The fourth-order valence-electron chi connectivity index (χ4n) is 8.35. The van der Waals surface area contributed by atoms with Gasteiger partial charge in [0.1, 0.15) is 0 Å². The first-order valence-electron chi connectivity index (χ1n) is 26.3. The van der Waals surface area contributed by atoms with Gasteiger partial charge in [-0.3, -0.25) is 0 Å². The van der Waals surface area contributed by atoms with Crippen LogP contribution in [0.4, 0.5) is 92.2 Å². The minimum atomic E-state index is -6.61. The molecule has 0 amide bonds. The Labute approximate surface area is 453 Å². The number of unbranched alkanes of at least 4 members (excludes halogenated alkanes) is 9. The van der Waals surface area contributed by atoms with E-state index >= 15 is 0 Å². The second-order valence-electron chi connectivity index (χ2n) is 19.4. The fourth-order valence-corrected chi connectivity index (χ4v) is 8.35. The van der Waals surface area contributed by atoms with Gasteiger partial charge >= 0.3 is 54.1 Å². The van der Waals surface area contributed by atoms with Crippen LogP contribution in [-0.4, -0.2) is 93.7 Å². The second-order valence-corrected chi connectivity index (χ2v) is 19.4. The summed E-state index contributed by atoms with van der Waals surface area (Å²) in [6, 6.07) is 7.82. The number of halogens is 21. The molecule has 0 unspecified atom stereocenters. The molecular formula is C54H63F21O6. The van der Waals surface area contributed by atoms with E-state index in [0.717, 1.165) is 38.5 Å². The molecule has 27 heteroatoms. The number of rotatable bonds is 36. The lowest BCUT2D eigenvalue weighted by Crippen LogP contribution is -2.51. The van der Waals surface area contributed by atoms with E-state index in [0.29, 0.717) is 38.5 Å². The fraction of sp³-hybridized carbons (Fsp3) is 0.667. The number of ether oxygens (including phenoxy) is 6. The van der Waals surface area contributed by atoms with E-state index in [9.17, 15) is 92.2 Å². The third kappa shape index (κ3) is 16.8. The third-order valence-electron chi connectivity index (χ3n) is 13.0. The average molecular weight is 1210 g/mol. The Morgan fingerprint density at radius 1 is 0.247 bits per heavy atom. The van der Waals surface area contributed by atoms with Crippen molar-refractivity contribution in [3.63, 3.8) is 0 Å². The maximum absolute atomic E-state index is 14.4. The molecule has 0 heterocycles. The highest BCUT2D eigenvalue weighted by molar-refractivity contribution is 6.26. The van der Waals surface area contributed by atoms with Crippen LogP contribution < -0.4 is 28.4 Å². The standard InChI is InChI=1S/C54H63F21O6/c1-4-7-10-13-22-76-40-28-34-37(31-43(40)79-25-16-19-46(55,56)49(61,62)52(67,68)69)35-29-41(77-23-14-11-8-5-2)45(81-27-18-21-48(59,60)51(65,66)54(73,74)75)33-39(35)36-30-42(78-24-15-12-9-6-3)44(32-38(34)36)80-26-17-20-47(57,58)50(63,64)53(70,71)72/h28-33H,4-27H2,1-3H3. The van der Waals surface area contributed by atoms with Crippen molar-refractivity contribution >= 4 is 32.3 Å². The van der Waals surface area contributed by atoms with Gasteiger partial charge in [-0.1, -0.05) is 78.6 Å². The molecule has 0 aromatic heterocycles. The SMILES string of the molecule is CCCCCCOc1cc2c(cc1OCCCC(F)(F)C(F)(F)C(F)(F)F)c1cc(OCCCCCC)c(OCCCC(F)(F)C(F)(F)C(F)(F)F)cc1c1cc(OCCCCCC)c(OCCCC(F)(F)C(F)(F)C(F)(F)F)cc21. The summed E-state index contributed by atoms with van der Waals surface area (Å²) in [7, 11) is 0. The van der Waals surface area contributed by atoms with Crippen LogP contribution in [0, 0.1) is 0 Å². The molecule has 0 fully saturated rings. The topological polar surface area (TPSA) is 55.4 Å². The van der Waals surface area contributed by atoms with Gasteiger partial charge in [0.2, 0.25) is 0 Å². The summed E-state index contributed by atoms with van der Waals surface area (Å²) in [5, 5.41) is 0.792. The monoisotopic (exact) mass is 1210 g/mol. The van der Waals surface area contributed by atoms with Crippen molar-refractivity contribution in [2.75, 3.05) is 39.6 Å². The maximum Gasteiger partial charge on any atom is 0.459 e. The zero-order chi connectivity index (χ0) is 60.9. The summed E-state index contributed by atoms with van der Waals surface area (Å²) >= 11 is 0. The largest absolute Gasteiger partial charge is 0.490 e. The average Bonchev–Trinajstić information content (AvgIpc) is 3.55. The van der Waals surface area contributed by atoms with Crippen LogP contribution in [-0.2, 0) is 0 Å². The van der Waals surface area contributed by atoms with Crippen molar-refractivity contribution in [1.82, 2.24) is 0 Å². The predicted octanol–water partition coefficient (Wildman–Crippen LogP) is 20.0. The molecule has 81 heavy (non-hydrogen) atoms. The molecule has 0 saturated heterocycles. The van der Waals surface area contributed by atoms with Crippen molar-refractivity contribution in [1.29, 1.82) is 0 Å². The van der Waals surface area contributed by atoms with E-state index in [1.807, 2.05) is 20.8 Å². The minimum absolute atomic E-state index is 0.0395. The first kappa shape index (κ1) is 68.5. The van der Waals surface area contributed by atoms with Gasteiger partial charge in [0, 0.05) is 19.3 Å². The summed E-state index contributed by atoms with van der Waals surface area (Å²) < 4.78 is 321. The molecule has 0 aliphatic carbocycles. The molecule has 0 radical (unpaired) electrons. The highest BCUT2D eigenvalue weighted by atomic mass is 19.4. The molecule has 0 atom stereocenters. The summed E-state index contributed by atoms with van der Waals surface area (Å²) in [6.45, 7) is 2.89. The number of benzene rings is 4. The lowest BCUT2D eigenvalue weighted by Gasteiger charge is -2.28. The molecule has 4 rings (SSSR count). The highest BCUT2D eigenvalue weighted by Gasteiger charge is 2.74. The maximum atomic E-state index is 14.4. The zero-order valence-corrected chi connectivity index (χ0v) is 44.3. The van der Waals surface area contributed by atoms with Crippen LogP contribution in [0.15, 0.2) is 36.4 Å². The third-order valence-corrected chi connectivity index (χ3v) is 13.0. The first-order chi connectivity index (χ1) is 37.5. The number of hydrogen-bond acceptors (Lipinski definition) is 6. The Morgan fingerprint density at radius 2 is 0.420 bits per heavy atom. The quantitative estimate of drug-likeness (QED) is 0.0257. The van der Waals surface area contributed by atoms with Crippen LogP contribution in [0.25, 0.3) is 32.3 Å². The van der Waals surface area contributed by atoms with Gasteiger partial charge in [-0.15, -0.1) is 0 Å². The molecule has 6 nitrogen and oxygen atoms in total. The second kappa shape index (κ2) is 28.0. The molecule has 0 aliphatic heterocycles. The van der Waals surface area contributed by atoms with E-state index in [-0.39, 0.29) is 86.6 Å². The number of fused-ring (bicyclic) bond motifs is 6. The van der Waals surface area contributed by atoms with Gasteiger partial charge in [0.15, 0.2) is 34.5 Å². The Hall–Kier alpha value is -5.01. The van der Waals surface area contributed by atoms with Crippen LogP contribution in [0.3, 0.4) is 0 Å². The highest BCUT2D eigenvalue weighted by Crippen LogP contribution is 2.52. The molecule has 0 saturated carbocycles. The van der Waals surface area contributed by atoms with Gasteiger partial charge in [0.25, 0.3) is 0 Å². The van der Waals surface area contributed by atoms with Crippen molar-refractivity contribution < 1.29 is 121 Å². The van der Waals surface area contributed by atoms with E-state index in [4.69, 9.17) is 28.4 Å². The Bertz CT molecular complexity index is 2300. The molecule has 0 bridgehead atoms. The van der Waals surface area contributed by atoms with Crippen LogP contribution in [0.5, 0.6) is 34.5 Å². The summed E-state index contributed by atoms with van der Waals surface area (Å²) in [5.41, 5.74) is 0. The molecular weight excluding hydrogens is 1140 g/mol. The molecule has 462 valence electrons. The molecule has 0 N–H and O–H groups in total. The van der Waals surface area contributed by atoms with E-state index in [1.54, 1.807) is 0 Å². The van der Waals surface area contributed by atoms with Crippen molar-refractivity contribution in [3.05, 3.63) is 36.4 Å². The van der Waals surface area contributed by atoms with Gasteiger partial charge in [0.05, 0.1) is 39.6 Å². The lowest BCUT2D eigenvalue weighted by molar-refractivity contribution is -0.356. The number of hydrogen-bond donors (Lipinski definition) is 0. The van der Waals surface area contributed by atoms with E-state index in [2.05, 4.69) is 0 Å². The first-order valence-corrected chi connectivity index (χ1v) is 26.3. The lowest BCUT2D eigenvalue weighted by atomic mass is 9.93. The van der Waals surface area contributed by atoms with Crippen LogP contribution in [0.1, 0.15) is 136 Å². The van der Waals surface area contributed by atoms with Crippen molar-refractivity contribution in [3.8, 4) is 34.5 Å². The van der Waals surface area contributed by atoms with Crippen molar-refractivity contribution in [2.45, 2.75) is 190 Å². The zero-order valence-electron chi connectivity index (χ0n) is 44.3. The molecule has 4 aromatic carbocycles. The van der Waals surface area contributed by atoms with Crippen LogP contribution in [0.2, 0.25) is 0 Å². The van der Waals surface area contributed by atoms with Crippen molar-refractivity contribution in [2.24, 2.45) is 0 Å². The molecule has 4 aromatic rings. The summed E-state index contributed by atoms with van der Waals surface area (Å²) in [5.74, 6) is -37.3. The van der Waals surface area contributed by atoms with Gasteiger partial charge in [-0.2, -0.15) is 92.2 Å². The van der Waals surface area contributed by atoms with Crippen LogP contribution >= 0.6 is 0 Å². The van der Waals surface area contributed by atoms with Gasteiger partial charge in [-0.25, -0.2) is 0 Å². The van der Waals surface area contributed by atoms with Gasteiger partial charge < -0.3 is 28.4 Å². The Morgan fingerprint density at radius 3 is 0.580 bits per heavy atom. The van der Waals surface area contributed by atoms with E-state index < -0.39 is 112 Å².